The fourth-order valence-corrected chi connectivity index (χ4v) is 1.32. The SMILES string of the molecule is COCC/C=C\Cc1cccc(C=O)c1. The molecule has 0 N–H and O–H groups in total. The predicted molar refractivity (Wildman–Crippen MR) is 61.2 cm³/mol. The van der Waals surface area contributed by atoms with Crippen molar-refractivity contribution in [3.05, 3.63) is 47.5 Å². The fraction of sp³-hybridized carbons (Fsp3) is 0.308. The van der Waals surface area contributed by atoms with Crippen molar-refractivity contribution >= 4 is 6.29 Å². The molecule has 0 amide bonds. The van der Waals surface area contributed by atoms with Gasteiger partial charge in [-0.3, -0.25) is 4.79 Å². The van der Waals surface area contributed by atoms with Crippen LogP contribution >= 0.6 is 0 Å². The van der Waals surface area contributed by atoms with Gasteiger partial charge < -0.3 is 4.74 Å². The molecule has 0 heterocycles. The minimum absolute atomic E-state index is 0.734. The van der Waals surface area contributed by atoms with E-state index in [4.69, 9.17) is 4.74 Å². The Morgan fingerprint density at radius 1 is 1.33 bits per heavy atom. The van der Waals surface area contributed by atoms with Gasteiger partial charge in [-0.2, -0.15) is 0 Å². The highest BCUT2D eigenvalue weighted by Gasteiger charge is 1.92. The number of methoxy groups -OCH3 is 1. The summed E-state index contributed by atoms with van der Waals surface area (Å²) in [6, 6.07) is 7.65. The minimum atomic E-state index is 0.734. The van der Waals surface area contributed by atoms with Crippen LogP contribution in [0.15, 0.2) is 36.4 Å². The van der Waals surface area contributed by atoms with Crippen LogP contribution in [0.2, 0.25) is 0 Å². The zero-order chi connectivity index (χ0) is 10.9. The zero-order valence-electron chi connectivity index (χ0n) is 8.98. The maximum Gasteiger partial charge on any atom is 0.150 e. The zero-order valence-corrected chi connectivity index (χ0v) is 8.98. The molecule has 0 fully saturated rings. The number of carbonyl (C=O) groups excluding carboxylic acids is 1. The maximum atomic E-state index is 10.5. The van der Waals surface area contributed by atoms with Gasteiger partial charge in [0, 0.05) is 19.3 Å². The Balaban J connectivity index is 2.43. The Hall–Kier alpha value is -1.41. The van der Waals surface area contributed by atoms with Crippen LogP contribution in [0.25, 0.3) is 0 Å². The van der Waals surface area contributed by atoms with E-state index in [0.717, 1.165) is 36.9 Å². The van der Waals surface area contributed by atoms with E-state index in [0.29, 0.717) is 0 Å². The highest BCUT2D eigenvalue weighted by Crippen LogP contribution is 2.04. The summed E-state index contributed by atoms with van der Waals surface area (Å²) in [5, 5.41) is 0. The first-order valence-electron chi connectivity index (χ1n) is 5.05. The van der Waals surface area contributed by atoms with Gasteiger partial charge in [0.05, 0.1) is 0 Å². The Bertz CT molecular complexity index is 329. The fourth-order valence-electron chi connectivity index (χ4n) is 1.32. The number of allylic oxidation sites excluding steroid dienone is 1. The average molecular weight is 204 g/mol. The molecule has 0 aromatic heterocycles. The summed E-state index contributed by atoms with van der Waals surface area (Å²) >= 11 is 0. The summed E-state index contributed by atoms with van der Waals surface area (Å²) in [7, 11) is 1.70. The van der Waals surface area contributed by atoms with Crippen LogP contribution < -0.4 is 0 Å². The largest absolute Gasteiger partial charge is 0.384 e. The van der Waals surface area contributed by atoms with E-state index in [1.807, 2.05) is 24.3 Å². The molecule has 2 heteroatoms. The molecular weight excluding hydrogens is 188 g/mol. The molecule has 1 rings (SSSR count). The molecule has 0 aliphatic heterocycles. The third-order valence-electron chi connectivity index (χ3n) is 2.10. The van der Waals surface area contributed by atoms with Crippen molar-refractivity contribution in [2.75, 3.05) is 13.7 Å². The van der Waals surface area contributed by atoms with Gasteiger partial charge in [0.2, 0.25) is 0 Å². The van der Waals surface area contributed by atoms with Crippen LogP contribution in [0.4, 0.5) is 0 Å². The van der Waals surface area contributed by atoms with E-state index in [2.05, 4.69) is 12.2 Å². The van der Waals surface area contributed by atoms with Gasteiger partial charge in [-0.15, -0.1) is 0 Å². The smallest absolute Gasteiger partial charge is 0.150 e. The molecule has 0 aliphatic carbocycles. The number of rotatable bonds is 6. The van der Waals surface area contributed by atoms with Gasteiger partial charge in [-0.05, 0) is 24.5 Å². The standard InChI is InChI=1S/C13H16O2/c1-15-9-4-2-3-6-12-7-5-8-13(10-12)11-14/h2-3,5,7-8,10-11H,4,6,9H2,1H3/b3-2-. The highest BCUT2D eigenvalue weighted by atomic mass is 16.5. The second kappa shape index (κ2) is 6.96. The Morgan fingerprint density at radius 2 is 2.20 bits per heavy atom. The van der Waals surface area contributed by atoms with Crippen LogP contribution in [0.1, 0.15) is 22.3 Å². The lowest BCUT2D eigenvalue weighted by Gasteiger charge is -1.97. The van der Waals surface area contributed by atoms with E-state index in [-0.39, 0.29) is 0 Å². The highest BCUT2D eigenvalue weighted by molar-refractivity contribution is 5.74. The Labute approximate surface area is 90.6 Å². The monoisotopic (exact) mass is 204 g/mol. The topological polar surface area (TPSA) is 26.3 Å². The van der Waals surface area contributed by atoms with Gasteiger partial charge >= 0.3 is 0 Å². The van der Waals surface area contributed by atoms with Crippen molar-refractivity contribution in [1.29, 1.82) is 0 Å². The van der Waals surface area contributed by atoms with Gasteiger partial charge in [0.15, 0.2) is 0 Å². The lowest BCUT2D eigenvalue weighted by Crippen LogP contribution is -1.86. The van der Waals surface area contributed by atoms with Crippen LogP contribution in [0, 0.1) is 0 Å². The summed E-state index contributed by atoms with van der Waals surface area (Å²) < 4.78 is 4.93. The first-order valence-corrected chi connectivity index (χ1v) is 5.05. The summed E-state index contributed by atoms with van der Waals surface area (Å²) in [5.41, 5.74) is 1.89. The van der Waals surface area contributed by atoms with Crippen LogP contribution in [0.5, 0.6) is 0 Å². The lowest BCUT2D eigenvalue weighted by atomic mass is 10.1. The van der Waals surface area contributed by atoms with E-state index in [1.165, 1.54) is 0 Å². The van der Waals surface area contributed by atoms with E-state index >= 15 is 0 Å². The predicted octanol–water partition coefficient (Wildman–Crippen LogP) is 2.63. The van der Waals surface area contributed by atoms with E-state index < -0.39 is 0 Å². The van der Waals surface area contributed by atoms with Crippen molar-refractivity contribution in [1.82, 2.24) is 0 Å². The number of aldehydes is 1. The molecule has 0 aliphatic rings. The second-order valence-corrected chi connectivity index (χ2v) is 3.32. The van der Waals surface area contributed by atoms with Gasteiger partial charge in [0.1, 0.15) is 6.29 Å². The molecule has 15 heavy (non-hydrogen) atoms. The molecule has 0 radical (unpaired) electrons. The van der Waals surface area contributed by atoms with Gasteiger partial charge in [0.25, 0.3) is 0 Å². The number of hydrogen-bond donors (Lipinski definition) is 0. The van der Waals surface area contributed by atoms with E-state index in [1.54, 1.807) is 7.11 Å². The molecule has 0 unspecified atom stereocenters. The molecule has 0 spiro atoms. The number of benzene rings is 1. The molecule has 2 nitrogen and oxygen atoms in total. The van der Waals surface area contributed by atoms with Crippen LogP contribution in [-0.4, -0.2) is 20.0 Å². The quantitative estimate of drug-likeness (QED) is 0.404. The minimum Gasteiger partial charge on any atom is -0.384 e. The summed E-state index contributed by atoms with van der Waals surface area (Å²) in [5.74, 6) is 0. The average Bonchev–Trinajstić information content (AvgIpc) is 2.29. The molecule has 0 saturated heterocycles. The normalized spacial score (nSPS) is 10.7. The van der Waals surface area contributed by atoms with Crippen molar-refractivity contribution in [3.8, 4) is 0 Å². The lowest BCUT2D eigenvalue weighted by molar-refractivity contribution is 0.112. The first kappa shape index (κ1) is 11.7. The second-order valence-electron chi connectivity index (χ2n) is 3.32. The molecule has 80 valence electrons. The molecular formula is C13H16O2. The first-order chi connectivity index (χ1) is 7.36. The number of ether oxygens (including phenoxy) is 1. The van der Waals surface area contributed by atoms with E-state index in [9.17, 15) is 4.79 Å². The summed E-state index contributed by atoms with van der Waals surface area (Å²) in [4.78, 5) is 10.5. The third kappa shape index (κ3) is 4.56. The molecule has 1 aromatic rings. The maximum absolute atomic E-state index is 10.5. The van der Waals surface area contributed by atoms with Crippen molar-refractivity contribution in [3.63, 3.8) is 0 Å². The van der Waals surface area contributed by atoms with Crippen molar-refractivity contribution in [2.45, 2.75) is 12.8 Å². The molecule has 0 atom stereocenters. The third-order valence-corrected chi connectivity index (χ3v) is 2.10. The van der Waals surface area contributed by atoms with Crippen molar-refractivity contribution < 1.29 is 9.53 Å². The van der Waals surface area contributed by atoms with Gasteiger partial charge in [-0.1, -0.05) is 30.4 Å². The molecule has 1 aromatic carbocycles. The summed E-state index contributed by atoms with van der Waals surface area (Å²) in [6.45, 7) is 0.755. The summed E-state index contributed by atoms with van der Waals surface area (Å²) in [6.07, 6.45) is 6.87. The Kier molecular flexibility index (Phi) is 5.41. The van der Waals surface area contributed by atoms with Crippen molar-refractivity contribution in [2.24, 2.45) is 0 Å². The number of hydrogen-bond acceptors (Lipinski definition) is 2. The number of carbonyl (C=O) groups is 1. The van der Waals surface area contributed by atoms with Gasteiger partial charge in [-0.25, -0.2) is 0 Å². The molecule has 0 bridgehead atoms. The van der Waals surface area contributed by atoms with Crippen LogP contribution in [0.3, 0.4) is 0 Å². The molecule has 0 saturated carbocycles. The Morgan fingerprint density at radius 3 is 2.93 bits per heavy atom. The van der Waals surface area contributed by atoms with Crippen LogP contribution in [-0.2, 0) is 11.2 Å².